The second kappa shape index (κ2) is 4.20. The van der Waals surface area contributed by atoms with Crippen molar-refractivity contribution in [1.82, 2.24) is 9.80 Å². The van der Waals surface area contributed by atoms with Crippen LogP contribution in [0.1, 0.15) is 9.67 Å². The molecule has 2 heterocycles. The summed E-state index contributed by atoms with van der Waals surface area (Å²) in [6.07, 6.45) is 0. The maximum absolute atomic E-state index is 12.0. The number of carbonyl (C=O) groups excluding carboxylic acids is 1. The Morgan fingerprint density at radius 3 is 2.60 bits per heavy atom. The fourth-order valence-electron chi connectivity index (χ4n) is 1.65. The first-order valence-electron chi connectivity index (χ1n) is 4.99. The number of hydrogen-bond donors (Lipinski definition) is 1. The molecule has 0 spiro atoms. The number of carbonyl (C=O) groups is 1. The Bertz CT molecular complexity index is 355. The number of rotatable bonds is 1. The van der Waals surface area contributed by atoms with Crippen LogP contribution in [0, 0.1) is 0 Å². The smallest absolute Gasteiger partial charge is 0.266 e. The van der Waals surface area contributed by atoms with Gasteiger partial charge in [0.25, 0.3) is 5.91 Å². The van der Waals surface area contributed by atoms with E-state index in [0.29, 0.717) is 10.6 Å². The molecule has 1 aromatic heterocycles. The molecular weight excluding hydrogens is 210 g/mol. The summed E-state index contributed by atoms with van der Waals surface area (Å²) in [4.78, 5) is 16.8. The molecule has 1 aromatic rings. The van der Waals surface area contributed by atoms with E-state index in [0.717, 1.165) is 26.2 Å². The molecule has 0 bridgehead atoms. The van der Waals surface area contributed by atoms with Gasteiger partial charge in [-0.05, 0) is 18.5 Å². The van der Waals surface area contributed by atoms with Crippen LogP contribution in [0.2, 0.25) is 0 Å². The molecule has 1 aliphatic heterocycles. The van der Waals surface area contributed by atoms with E-state index < -0.39 is 0 Å². The van der Waals surface area contributed by atoms with Gasteiger partial charge in [0.15, 0.2) is 0 Å². The Balaban J connectivity index is 2.06. The van der Waals surface area contributed by atoms with E-state index in [1.54, 1.807) is 6.07 Å². The quantitative estimate of drug-likeness (QED) is 0.766. The second-order valence-electron chi connectivity index (χ2n) is 3.80. The first-order chi connectivity index (χ1) is 7.18. The van der Waals surface area contributed by atoms with Gasteiger partial charge in [0.1, 0.15) is 4.88 Å². The number of piperazine rings is 1. The van der Waals surface area contributed by atoms with Gasteiger partial charge in [0.2, 0.25) is 0 Å². The van der Waals surface area contributed by atoms with E-state index in [-0.39, 0.29) is 5.91 Å². The summed E-state index contributed by atoms with van der Waals surface area (Å²) >= 11 is 1.42. The second-order valence-corrected chi connectivity index (χ2v) is 4.72. The molecule has 82 valence electrons. The summed E-state index contributed by atoms with van der Waals surface area (Å²) in [7, 11) is 2.07. The number of thiophene rings is 1. The maximum atomic E-state index is 12.0. The van der Waals surface area contributed by atoms with Gasteiger partial charge in [-0.3, -0.25) is 4.79 Å². The van der Waals surface area contributed by atoms with Gasteiger partial charge in [0.05, 0.1) is 5.69 Å². The minimum atomic E-state index is 0.0793. The fourth-order valence-corrected chi connectivity index (χ4v) is 2.43. The van der Waals surface area contributed by atoms with Crippen molar-refractivity contribution in [3.05, 3.63) is 16.3 Å². The third-order valence-electron chi connectivity index (χ3n) is 2.68. The van der Waals surface area contributed by atoms with Crippen molar-refractivity contribution in [1.29, 1.82) is 0 Å². The zero-order valence-corrected chi connectivity index (χ0v) is 9.59. The molecule has 1 saturated heterocycles. The number of nitrogens with two attached hydrogens (primary N) is 1. The van der Waals surface area contributed by atoms with Crippen molar-refractivity contribution in [2.24, 2.45) is 0 Å². The Kier molecular flexibility index (Phi) is 2.93. The predicted octanol–water partition coefficient (Wildman–Crippen LogP) is 0.718. The molecule has 1 fully saturated rings. The number of anilines is 1. The molecule has 2 N–H and O–H groups in total. The van der Waals surface area contributed by atoms with E-state index in [2.05, 4.69) is 11.9 Å². The molecule has 5 heteroatoms. The van der Waals surface area contributed by atoms with Crippen molar-refractivity contribution >= 4 is 22.9 Å². The van der Waals surface area contributed by atoms with Crippen LogP contribution in [0.25, 0.3) is 0 Å². The molecule has 0 unspecified atom stereocenters. The molecule has 1 aliphatic rings. The van der Waals surface area contributed by atoms with Crippen LogP contribution in [-0.4, -0.2) is 48.9 Å². The van der Waals surface area contributed by atoms with Crippen LogP contribution < -0.4 is 5.73 Å². The number of likely N-dealkylation sites (N-methyl/N-ethyl adjacent to an activating group) is 1. The van der Waals surface area contributed by atoms with Crippen LogP contribution in [0.15, 0.2) is 11.4 Å². The summed E-state index contributed by atoms with van der Waals surface area (Å²) in [6, 6.07) is 1.79. The lowest BCUT2D eigenvalue weighted by Gasteiger charge is -2.32. The summed E-state index contributed by atoms with van der Waals surface area (Å²) in [5.74, 6) is 0.0793. The lowest BCUT2D eigenvalue weighted by atomic mass is 10.3. The summed E-state index contributed by atoms with van der Waals surface area (Å²) in [5.41, 5.74) is 6.33. The van der Waals surface area contributed by atoms with Crippen molar-refractivity contribution in [3.63, 3.8) is 0 Å². The molecule has 0 aliphatic carbocycles. The van der Waals surface area contributed by atoms with Gasteiger partial charge in [-0.2, -0.15) is 0 Å². The first kappa shape index (κ1) is 10.4. The van der Waals surface area contributed by atoms with Crippen molar-refractivity contribution in [3.8, 4) is 0 Å². The van der Waals surface area contributed by atoms with Crippen LogP contribution in [0.5, 0.6) is 0 Å². The molecular formula is C10H15N3OS. The minimum Gasteiger partial charge on any atom is -0.397 e. The van der Waals surface area contributed by atoms with Gasteiger partial charge < -0.3 is 15.5 Å². The standard InChI is InChI=1S/C10H15N3OS/c1-12-3-5-13(6-4-12)10(14)9-8(11)2-7-15-9/h2,7H,3-6,11H2,1H3. The molecule has 0 atom stereocenters. The van der Waals surface area contributed by atoms with Gasteiger partial charge in [-0.1, -0.05) is 0 Å². The molecule has 15 heavy (non-hydrogen) atoms. The van der Waals surface area contributed by atoms with E-state index in [1.807, 2.05) is 10.3 Å². The largest absolute Gasteiger partial charge is 0.397 e. The lowest BCUT2D eigenvalue weighted by Crippen LogP contribution is -2.47. The number of nitrogen functional groups attached to an aromatic ring is 1. The van der Waals surface area contributed by atoms with Crippen LogP contribution >= 0.6 is 11.3 Å². The number of hydrogen-bond acceptors (Lipinski definition) is 4. The molecule has 0 aromatic carbocycles. The van der Waals surface area contributed by atoms with Crippen LogP contribution in [0.3, 0.4) is 0 Å². The summed E-state index contributed by atoms with van der Waals surface area (Å²) in [6.45, 7) is 3.48. The molecule has 1 amide bonds. The van der Waals surface area contributed by atoms with Crippen LogP contribution in [0.4, 0.5) is 5.69 Å². The molecule has 0 radical (unpaired) electrons. The van der Waals surface area contributed by atoms with E-state index in [9.17, 15) is 4.79 Å². The Morgan fingerprint density at radius 2 is 2.07 bits per heavy atom. The minimum absolute atomic E-state index is 0.0793. The number of nitrogens with zero attached hydrogens (tertiary/aromatic N) is 2. The molecule has 2 rings (SSSR count). The monoisotopic (exact) mass is 225 g/mol. The van der Waals surface area contributed by atoms with Crippen molar-refractivity contribution < 1.29 is 4.79 Å². The van der Waals surface area contributed by atoms with Gasteiger partial charge in [-0.15, -0.1) is 11.3 Å². The maximum Gasteiger partial charge on any atom is 0.266 e. The fraction of sp³-hybridized carbons (Fsp3) is 0.500. The highest BCUT2D eigenvalue weighted by atomic mass is 32.1. The topological polar surface area (TPSA) is 49.6 Å². The van der Waals surface area contributed by atoms with Gasteiger partial charge in [0, 0.05) is 26.2 Å². The normalized spacial score (nSPS) is 18.1. The zero-order chi connectivity index (χ0) is 10.8. The molecule has 4 nitrogen and oxygen atoms in total. The molecule has 0 saturated carbocycles. The highest BCUT2D eigenvalue weighted by Gasteiger charge is 2.22. The summed E-state index contributed by atoms with van der Waals surface area (Å²) < 4.78 is 0. The van der Waals surface area contributed by atoms with E-state index in [1.165, 1.54) is 11.3 Å². The Morgan fingerprint density at radius 1 is 1.40 bits per heavy atom. The Labute approximate surface area is 93.3 Å². The van der Waals surface area contributed by atoms with Gasteiger partial charge in [-0.25, -0.2) is 0 Å². The SMILES string of the molecule is CN1CCN(C(=O)c2sccc2N)CC1. The third-order valence-corrected chi connectivity index (χ3v) is 3.60. The van der Waals surface area contributed by atoms with Gasteiger partial charge >= 0.3 is 0 Å². The summed E-state index contributed by atoms with van der Waals surface area (Å²) in [5, 5.41) is 1.86. The highest BCUT2D eigenvalue weighted by molar-refractivity contribution is 7.12. The third kappa shape index (κ3) is 2.13. The van der Waals surface area contributed by atoms with Crippen LogP contribution in [-0.2, 0) is 0 Å². The predicted molar refractivity (Wildman–Crippen MR) is 62.1 cm³/mol. The average molecular weight is 225 g/mol. The lowest BCUT2D eigenvalue weighted by molar-refractivity contribution is 0.0670. The first-order valence-corrected chi connectivity index (χ1v) is 5.87. The van der Waals surface area contributed by atoms with Crippen molar-refractivity contribution in [2.45, 2.75) is 0 Å². The zero-order valence-electron chi connectivity index (χ0n) is 8.77. The van der Waals surface area contributed by atoms with E-state index >= 15 is 0 Å². The van der Waals surface area contributed by atoms with E-state index in [4.69, 9.17) is 5.73 Å². The Hall–Kier alpha value is -1.07. The average Bonchev–Trinajstić information content (AvgIpc) is 2.65. The number of amides is 1. The van der Waals surface area contributed by atoms with Crippen molar-refractivity contribution in [2.75, 3.05) is 39.0 Å². The highest BCUT2D eigenvalue weighted by Crippen LogP contribution is 2.21.